The number of carbonyl (C=O) groups excluding carboxylic acids is 1. The van der Waals surface area contributed by atoms with E-state index in [4.69, 9.17) is 16.3 Å². The van der Waals surface area contributed by atoms with E-state index < -0.39 is 0 Å². The van der Waals surface area contributed by atoms with E-state index in [0.717, 1.165) is 17.2 Å². The Balaban J connectivity index is 1.94. The average Bonchev–Trinajstić information content (AvgIpc) is 2.49. The van der Waals surface area contributed by atoms with Gasteiger partial charge in [-0.25, -0.2) is 0 Å². The quantitative estimate of drug-likeness (QED) is 0.665. The zero-order valence-electron chi connectivity index (χ0n) is 10.4. The van der Waals surface area contributed by atoms with Gasteiger partial charge in [-0.2, -0.15) is 0 Å². The lowest BCUT2D eigenvalue weighted by molar-refractivity contribution is 0.112. The molecule has 4 heteroatoms. The lowest BCUT2D eigenvalue weighted by Gasteiger charge is -2.08. The van der Waals surface area contributed by atoms with Gasteiger partial charge in [0.1, 0.15) is 17.8 Å². The van der Waals surface area contributed by atoms with Gasteiger partial charge in [0.2, 0.25) is 0 Å². The molecular weight excluding hydrogens is 274 g/mol. The van der Waals surface area contributed by atoms with Crippen molar-refractivity contribution in [3.63, 3.8) is 0 Å². The van der Waals surface area contributed by atoms with Gasteiger partial charge < -0.3 is 4.74 Å². The molecule has 0 N–H and O–H groups in total. The number of rotatable bonds is 3. The number of pyridine rings is 1. The fourth-order valence-electron chi connectivity index (χ4n) is 1.91. The van der Waals surface area contributed by atoms with E-state index in [1.165, 1.54) is 0 Å². The second-order valence-electron chi connectivity index (χ2n) is 4.27. The fourth-order valence-corrected chi connectivity index (χ4v) is 2.14. The largest absolute Gasteiger partial charge is 0.456 e. The Bertz CT molecular complexity index is 786. The molecule has 0 saturated carbocycles. The first-order valence-electron chi connectivity index (χ1n) is 6.03. The van der Waals surface area contributed by atoms with Crippen LogP contribution in [-0.4, -0.2) is 11.3 Å². The van der Waals surface area contributed by atoms with Crippen LogP contribution in [0.25, 0.3) is 10.9 Å². The minimum atomic E-state index is 0.399. The average molecular weight is 284 g/mol. The van der Waals surface area contributed by atoms with E-state index in [1.54, 1.807) is 24.4 Å². The second kappa shape index (κ2) is 5.31. The molecule has 3 rings (SSSR count). The van der Waals surface area contributed by atoms with Gasteiger partial charge >= 0.3 is 0 Å². The summed E-state index contributed by atoms with van der Waals surface area (Å²) in [6, 6.07) is 14.4. The highest BCUT2D eigenvalue weighted by Gasteiger charge is 2.05. The Morgan fingerprint density at radius 3 is 2.80 bits per heavy atom. The Hall–Kier alpha value is -2.39. The lowest BCUT2D eigenvalue weighted by atomic mass is 10.2. The number of ether oxygens (including phenoxy) is 1. The molecule has 0 spiro atoms. The van der Waals surface area contributed by atoms with Crippen molar-refractivity contribution in [2.75, 3.05) is 0 Å². The summed E-state index contributed by atoms with van der Waals surface area (Å²) >= 11 is 6.08. The Kier molecular flexibility index (Phi) is 3.35. The molecule has 0 saturated heterocycles. The topological polar surface area (TPSA) is 39.2 Å². The zero-order valence-corrected chi connectivity index (χ0v) is 11.2. The van der Waals surface area contributed by atoms with Gasteiger partial charge in [-0.1, -0.05) is 17.7 Å². The van der Waals surface area contributed by atoms with Crippen LogP contribution < -0.4 is 4.74 Å². The minimum absolute atomic E-state index is 0.399. The monoisotopic (exact) mass is 283 g/mol. The number of halogens is 1. The van der Waals surface area contributed by atoms with Crippen molar-refractivity contribution in [2.45, 2.75) is 0 Å². The molecule has 1 aromatic heterocycles. The van der Waals surface area contributed by atoms with E-state index >= 15 is 0 Å². The highest BCUT2D eigenvalue weighted by molar-refractivity contribution is 6.32. The molecule has 0 aliphatic heterocycles. The third-order valence-electron chi connectivity index (χ3n) is 2.90. The van der Waals surface area contributed by atoms with Crippen molar-refractivity contribution in [2.24, 2.45) is 0 Å². The first-order valence-corrected chi connectivity index (χ1v) is 6.41. The third kappa shape index (κ3) is 2.49. The van der Waals surface area contributed by atoms with Gasteiger partial charge in [0, 0.05) is 23.2 Å². The van der Waals surface area contributed by atoms with E-state index in [0.29, 0.717) is 22.1 Å². The highest BCUT2D eigenvalue weighted by Crippen LogP contribution is 2.31. The number of aromatic nitrogens is 1. The molecule has 0 radical (unpaired) electrons. The molecule has 1 heterocycles. The Morgan fingerprint density at radius 1 is 1.10 bits per heavy atom. The number of aldehydes is 1. The summed E-state index contributed by atoms with van der Waals surface area (Å²) < 4.78 is 5.73. The maximum Gasteiger partial charge on any atom is 0.150 e. The third-order valence-corrected chi connectivity index (χ3v) is 3.19. The van der Waals surface area contributed by atoms with E-state index in [1.807, 2.05) is 30.3 Å². The maximum atomic E-state index is 10.7. The number of hydrogen-bond donors (Lipinski definition) is 0. The predicted molar refractivity (Wildman–Crippen MR) is 78.7 cm³/mol. The molecule has 0 unspecified atom stereocenters. The van der Waals surface area contributed by atoms with Gasteiger partial charge in [-0.3, -0.25) is 9.78 Å². The van der Waals surface area contributed by atoms with Crippen molar-refractivity contribution in [3.8, 4) is 11.5 Å². The molecule has 20 heavy (non-hydrogen) atoms. The molecule has 2 aromatic carbocycles. The summed E-state index contributed by atoms with van der Waals surface area (Å²) in [4.78, 5) is 14.9. The first kappa shape index (κ1) is 12.6. The SMILES string of the molecule is O=Cc1ccc(Oc2ccc3cccnc3c2)c(Cl)c1. The van der Waals surface area contributed by atoms with Crippen molar-refractivity contribution < 1.29 is 9.53 Å². The summed E-state index contributed by atoms with van der Waals surface area (Å²) in [7, 11) is 0. The lowest BCUT2D eigenvalue weighted by Crippen LogP contribution is -1.88. The fraction of sp³-hybridized carbons (Fsp3) is 0. The smallest absolute Gasteiger partial charge is 0.150 e. The van der Waals surface area contributed by atoms with Crippen LogP contribution in [0, 0.1) is 0 Å². The number of nitrogens with zero attached hydrogens (tertiary/aromatic N) is 1. The minimum Gasteiger partial charge on any atom is -0.456 e. The highest BCUT2D eigenvalue weighted by atomic mass is 35.5. The molecule has 0 aliphatic carbocycles. The van der Waals surface area contributed by atoms with Crippen LogP contribution in [-0.2, 0) is 0 Å². The standard InChI is InChI=1S/C16H10ClNO2/c17-14-8-11(10-19)3-6-16(14)20-13-5-4-12-2-1-7-18-15(12)9-13/h1-10H. The van der Waals surface area contributed by atoms with Gasteiger partial charge in [0.05, 0.1) is 10.5 Å². The molecule has 0 atom stereocenters. The van der Waals surface area contributed by atoms with Crippen LogP contribution in [0.1, 0.15) is 10.4 Å². The second-order valence-corrected chi connectivity index (χ2v) is 4.67. The normalized spacial score (nSPS) is 10.4. The van der Waals surface area contributed by atoms with E-state index in [9.17, 15) is 4.79 Å². The summed E-state index contributed by atoms with van der Waals surface area (Å²) in [5.41, 5.74) is 1.37. The number of fused-ring (bicyclic) bond motifs is 1. The van der Waals surface area contributed by atoms with Gasteiger partial charge in [-0.15, -0.1) is 0 Å². The molecular formula is C16H10ClNO2. The zero-order chi connectivity index (χ0) is 13.9. The molecule has 0 fully saturated rings. The van der Waals surface area contributed by atoms with E-state index in [2.05, 4.69) is 4.98 Å². The van der Waals surface area contributed by atoms with Crippen molar-refractivity contribution in [1.29, 1.82) is 0 Å². The van der Waals surface area contributed by atoms with Crippen LogP contribution in [0.15, 0.2) is 54.7 Å². The van der Waals surface area contributed by atoms with Crippen LogP contribution >= 0.6 is 11.6 Å². The number of hydrogen-bond acceptors (Lipinski definition) is 3. The molecule has 0 aliphatic rings. The van der Waals surface area contributed by atoms with Gasteiger partial charge in [0.25, 0.3) is 0 Å². The number of benzene rings is 2. The van der Waals surface area contributed by atoms with Crippen LogP contribution in [0.2, 0.25) is 5.02 Å². The van der Waals surface area contributed by atoms with Crippen LogP contribution in [0.3, 0.4) is 0 Å². The van der Waals surface area contributed by atoms with Gasteiger partial charge in [-0.05, 0) is 36.4 Å². The summed E-state index contributed by atoms with van der Waals surface area (Å²) in [5, 5.41) is 1.44. The summed E-state index contributed by atoms with van der Waals surface area (Å²) in [5.74, 6) is 1.16. The van der Waals surface area contributed by atoms with Crippen molar-refractivity contribution in [3.05, 3.63) is 65.3 Å². The molecule has 3 nitrogen and oxygen atoms in total. The summed E-state index contributed by atoms with van der Waals surface area (Å²) in [6.45, 7) is 0. The van der Waals surface area contributed by atoms with Crippen LogP contribution in [0.5, 0.6) is 11.5 Å². The Morgan fingerprint density at radius 2 is 2.00 bits per heavy atom. The Labute approximate surface area is 120 Å². The van der Waals surface area contributed by atoms with Gasteiger partial charge in [0.15, 0.2) is 0 Å². The predicted octanol–water partition coefficient (Wildman–Crippen LogP) is 4.49. The van der Waals surface area contributed by atoms with Crippen LogP contribution in [0.4, 0.5) is 0 Å². The maximum absolute atomic E-state index is 10.7. The molecule has 98 valence electrons. The molecule has 3 aromatic rings. The number of carbonyl (C=O) groups is 1. The van der Waals surface area contributed by atoms with Crippen molar-refractivity contribution in [1.82, 2.24) is 4.98 Å². The van der Waals surface area contributed by atoms with Crippen molar-refractivity contribution >= 4 is 28.8 Å². The first-order chi connectivity index (χ1) is 9.76. The molecule has 0 bridgehead atoms. The van der Waals surface area contributed by atoms with E-state index in [-0.39, 0.29) is 0 Å². The summed E-state index contributed by atoms with van der Waals surface area (Å²) in [6.07, 6.45) is 2.48. The molecule has 0 amide bonds.